The zero-order chi connectivity index (χ0) is 18.6. The van der Waals surface area contributed by atoms with Crippen molar-refractivity contribution in [2.75, 3.05) is 7.05 Å². The van der Waals surface area contributed by atoms with E-state index in [1.165, 1.54) is 5.56 Å². The number of carbonyl (C=O) groups excluding carboxylic acids is 1. The molecule has 132 valence electrons. The molecule has 0 saturated carbocycles. The minimum absolute atomic E-state index is 0.116. The van der Waals surface area contributed by atoms with Gasteiger partial charge in [-0.2, -0.15) is 0 Å². The first-order chi connectivity index (χ1) is 12.4. The van der Waals surface area contributed by atoms with Gasteiger partial charge in [0, 0.05) is 12.1 Å². The fourth-order valence-corrected chi connectivity index (χ4v) is 3.69. The summed E-state index contributed by atoms with van der Waals surface area (Å²) < 4.78 is 5.79. The van der Waals surface area contributed by atoms with Crippen LogP contribution in [0.2, 0.25) is 5.02 Å². The number of rotatable bonds is 2. The Hall–Kier alpha value is -2.59. The highest BCUT2D eigenvalue weighted by atomic mass is 35.5. The van der Waals surface area contributed by atoms with Crippen LogP contribution in [0.1, 0.15) is 53.1 Å². The molecule has 0 N–H and O–H groups in total. The van der Waals surface area contributed by atoms with E-state index < -0.39 is 6.04 Å². The van der Waals surface area contributed by atoms with E-state index in [4.69, 9.17) is 16.0 Å². The van der Waals surface area contributed by atoms with Gasteiger partial charge in [0.05, 0.1) is 17.0 Å². The third-order valence-corrected chi connectivity index (χ3v) is 5.22. The van der Waals surface area contributed by atoms with Crippen LogP contribution in [-0.2, 0) is 0 Å². The molecule has 5 heteroatoms. The molecular formula is C21H18ClNO3. The Labute approximate surface area is 156 Å². The standard InChI is InChI=1S/C21H18ClNO3/c1-11(2)12-4-6-13(7-5-12)18-17-19(24)15-10-14(22)8-9-16(15)26-20(17)21(25)23(18)3/h4-11,18H,1-3H3/t18-/m0/s1. The van der Waals surface area contributed by atoms with E-state index in [0.717, 1.165) is 5.56 Å². The lowest BCUT2D eigenvalue weighted by molar-refractivity contribution is 0.0771. The Balaban J connectivity index is 1.94. The summed E-state index contributed by atoms with van der Waals surface area (Å²) >= 11 is 6.04. The van der Waals surface area contributed by atoms with Crippen LogP contribution in [-0.4, -0.2) is 17.9 Å². The van der Waals surface area contributed by atoms with Gasteiger partial charge in [0.2, 0.25) is 5.76 Å². The predicted molar refractivity (Wildman–Crippen MR) is 102 cm³/mol. The van der Waals surface area contributed by atoms with E-state index >= 15 is 0 Å². The molecule has 2 heterocycles. The molecule has 0 unspecified atom stereocenters. The molecule has 1 amide bonds. The molecule has 0 bridgehead atoms. The van der Waals surface area contributed by atoms with Crippen molar-refractivity contribution in [3.63, 3.8) is 0 Å². The maximum absolute atomic E-state index is 13.1. The van der Waals surface area contributed by atoms with Crippen LogP contribution in [0, 0.1) is 0 Å². The lowest BCUT2D eigenvalue weighted by Crippen LogP contribution is -2.25. The van der Waals surface area contributed by atoms with Crippen molar-refractivity contribution in [1.82, 2.24) is 4.90 Å². The summed E-state index contributed by atoms with van der Waals surface area (Å²) in [7, 11) is 1.69. The fourth-order valence-electron chi connectivity index (χ4n) is 3.51. The number of benzene rings is 2. The second kappa shape index (κ2) is 5.99. The van der Waals surface area contributed by atoms with Gasteiger partial charge in [0.25, 0.3) is 5.91 Å². The maximum Gasteiger partial charge on any atom is 0.290 e. The van der Waals surface area contributed by atoms with Crippen molar-refractivity contribution < 1.29 is 9.21 Å². The van der Waals surface area contributed by atoms with Crippen LogP contribution in [0.5, 0.6) is 0 Å². The van der Waals surface area contributed by atoms with Gasteiger partial charge in [0.15, 0.2) is 5.43 Å². The molecule has 4 rings (SSSR count). The molecule has 3 aromatic rings. The number of hydrogen-bond donors (Lipinski definition) is 0. The molecule has 0 saturated heterocycles. The molecule has 0 aliphatic carbocycles. The van der Waals surface area contributed by atoms with Crippen molar-refractivity contribution in [3.8, 4) is 0 Å². The topological polar surface area (TPSA) is 50.5 Å². The smallest absolute Gasteiger partial charge is 0.290 e. The first kappa shape index (κ1) is 16.9. The molecule has 1 atom stereocenters. The second-order valence-corrected chi connectivity index (χ2v) is 7.39. The number of amides is 1. The van der Waals surface area contributed by atoms with Gasteiger partial charge in [-0.3, -0.25) is 9.59 Å². The minimum atomic E-state index is -0.460. The summed E-state index contributed by atoms with van der Waals surface area (Å²) in [6, 6.07) is 12.4. The van der Waals surface area contributed by atoms with Gasteiger partial charge in [-0.25, -0.2) is 0 Å². The number of nitrogens with zero attached hydrogens (tertiary/aromatic N) is 1. The van der Waals surface area contributed by atoms with Crippen molar-refractivity contribution in [2.45, 2.75) is 25.8 Å². The molecular weight excluding hydrogens is 350 g/mol. The van der Waals surface area contributed by atoms with Gasteiger partial charge in [-0.1, -0.05) is 49.7 Å². The zero-order valence-corrected chi connectivity index (χ0v) is 15.5. The fraction of sp³-hybridized carbons (Fsp3) is 0.238. The lowest BCUT2D eigenvalue weighted by atomic mass is 9.95. The highest BCUT2D eigenvalue weighted by molar-refractivity contribution is 6.31. The Morgan fingerprint density at radius 2 is 1.77 bits per heavy atom. The molecule has 2 aromatic carbocycles. The first-order valence-corrected chi connectivity index (χ1v) is 8.89. The van der Waals surface area contributed by atoms with Crippen molar-refractivity contribution in [3.05, 3.63) is 80.2 Å². The van der Waals surface area contributed by atoms with Crippen LogP contribution in [0.4, 0.5) is 0 Å². The average molecular weight is 368 g/mol. The van der Waals surface area contributed by atoms with Gasteiger partial charge in [-0.05, 0) is 35.2 Å². The lowest BCUT2D eigenvalue weighted by Gasteiger charge is -2.20. The number of hydrogen-bond acceptors (Lipinski definition) is 3. The Morgan fingerprint density at radius 3 is 2.42 bits per heavy atom. The maximum atomic E-state index is 13.1. The van der Waals surface area contributed by atoms with Crippen molar-refractivity contribution in [2.24, 2.45) is 0 Å². The molecule has 4 nitrogen and oxygen atoms in total. The third-order valence-electron chi connectivity index (χ3n) is 4.98. The molecule has 1 aliphatic heterocycles. The average Bonchev–Trinajstić information content (AvgIpc) is 2.87. The number of fused-ring (bicyclic) bond motifs is 2. The normalized spacial score (nSPS) is 16.6. The molecule has 1 aliphatic rings. The highest BCUT2D eigenvalue weighted by Crippen LogP contribution is 2.37. The van der Waals surface area contributed by atoms with Crippen LogP contribution in [0.15, 0.2) is 51.7 Å². The summed E-state index contributed by atoms with van der Waals surface area (Å²) in [5.74, 6) is 0.243. The molecule has 26 heavy (non-hydrogen) atoms. The highest BCUT2D eigenvalue weighted by Gasteiger charge is 2.40. The van der Waals surface area contributed by atoms with Gasteiger partial charge in [0.1, 0.15) is 5.58 Å². The van der Waals surface area contributed by atoms with Gasteiger partial charge >= 0.3 is 0 Å². The minimum Gasteiger partial charge on any atom is -0.450 e. The SMILES string of the molecule is CC(C)c1ccc([C@H]2c3c(oc4ccc(Cl)cc4c3=O)C(=O)N2C)cc1. The van der Waals surface area contributed by atoms with Crippen LogP contribution in [0.25, 0.3) is 11.0 Å². The Morgan fingerprint density at radius 1 is 1.08 bits per heavy atom. The summed E-state index contributed by atoms with van der Waals surface area (Å²) in [5, 5.41) is 0.850. The largest absolute Gasteiger partial charge is 0.450 e. The Kier molecular flexibility index (Phi) is 3.88. The van der Waals surface area contributed by atoms with E-state index in [1.54, 1.807) is 30.1 Å². The zero-order valence-electron chi connectivity index (χ0n) is 14.7. The number of carbonyl (C=O) groups is 1. The first-order valence-electron chi connectivity index (χ1n) is 8.51. The van der Waals surface area contributed by atoms with E-state index in [2.05, 4.69) is 13.8 Å². The summed E-state index contributed by atoms with van der Waals surface area (Å²) in [6.45, 7) is 4.25. The van der Waals surface area contributed by atoms with Crippen molar-refractivity contribution in [1.29, 1.82) is 0 Å². The molecule has 0 radical (unpaired) electrons. The molecule has 0 fully saturated rings. The van der Waals surface area contributed by atoms with E-state index in [0.29, 0.717) is 27.5 Å². The van der Waals surface area contributed by atoms with Crippen LogP contribution >= 0.6 is 11.6 Å². The second-order valence-electron chi connectivity index (χ2n) is 6.95. The molecule has 0 spiro atoms. The molecule has 1 aromatic heterocycles. The van der Waals surface area contributed by atoms with E-state index in [1.807, 2.05) is 24.3 Å². The van der Waals surface area contributed by atoms with Gasteiger partial charge in [-0.15, -0.1) is 0 Å². The van der Waals surface area contributed by atoms with E-state index in [9.17, 15) is 9.59 Å². The number of halogens is 1. The monoisotopic (exact) mass is 367 g/mol. The summed E-state index contributed by atoms with van der Waals surface area (Å²) in [6.07, 6.45) is 0. The van der Waals surface area contributed by atoms with Gasteiger partial charge < -0.3 is 9.32 Å². The predicted octanol–water partition coefficient (Wildman–Crippen LogP) is 4.74. The summed E-state index contributed by atoms with van der Waals surface area (Å²) in [5.41, 5.74) is 2.63. The van der Waals surface area contributed by atoms with E-state index in [-0.39, 0.29) is 17.1 Å². The van der Waals surface area contributed by atoms with Crippen LogP contribution < -0.4 is 5.43 Å². The van der Waals surface area contributed by atoms with Crippen LogP contribution in [0.3, 0.4) is 0 Å². The summed E-state index contributed by atoms with van der Waals surface area (Å²) in [4.78, 5) is 27.4. The third kappa shape index (κ3) is 2.44. The van der Waals surface area contributed by atoms with Crippen molar-refractivity contribution >= 4 is 28.5 Å². The quantitative estimate of drug-likeness (QED) is 0.657. The Bertz CT molecular complexity index is 1080.